The van der Waals surface area contributed by atoms with Gasteiger partial charge in [-0.25, -0.2) is 39.7 Å². The molecule has 10 rings (SSSR count). The fourth-order valence-corrected chi connectivity index (χ4v) is 15.7. The summed E-state index contributed by atoms with van der Waals surface area (Å²) in [6.07, 6.45) is 0.0582. The van der Waals surface area contributed by atoms with Gasteiger partial charge in [0.2, 0.25) is 11.8 Å². The van der Waals surface area contributed by atoms with E-state index in [9.17, 15) is 53.7 Å². The van der Waals surface area contributed by atoms with E-state index in [2.05, 4.69) is 31.9 Å². The molecule has 26 nitrogen and oxygen atoms in total. The minimum Gasteiger partial charge on any atom is -0.481 e. The predicted molar refractivity (Wildman–Crippen MR) is 343 cm³/mol. The van der Waals surface area contributed by atoms with Crippen LogP contribution in [0.2, 0.25) is 0 Å². The van der Waals surface area contributed by atoms with Gasteiger partial charge in [0.1, 0.15) is 82.2 Å². The zero-order valence-electron chi connectivity index (χ0n) is 49.5. The van der Waals surface area contributed by atoms with Gasteiger partial charge in [-0.15, -0.1) is 68.0 Å². The first-order chi connectivity index (χ1) is 43.7. The van der Waals surface area contributed by atoms with E-state index < -0.39 is 84.2 Å². The van der Waals surface area contributed by atoms with Crippen molar-refractivity contribution in [1.82, 2.24) is 66.8 Å². The standard InChI is InChI=1S/C59H62N14O12S6/c1-27(2)43-57-72-46(38(91-57)22-85-5)50(80)61-21-41(75)69-47(48(78)29-10-7-6-8-11-29)56-67-37(25-88-56)54-65-35(23-87-54)45-32(52-66-36(24-86-52)49(79)64-34(20-40(74)60-4)55-71-44(28(3)90-55)51(81)70-43)17-18-33(63-45)53-68-39(26-89-53)73(19-9-12-42(76)77)59(84)62-31-15-13-30(14-16-31)58(82)83/h6-8,10-11,17-18,23-27,30-31,34,43,47-48,78H,9,12-16,19-22H2,1-5H3,(H,60,74)(H,61,80)(H,62,84)(H,64,79)(H,69,75)(H,70,81)(H,76,77)(H,82,83)/t30?,31?,34-,43?,47-,48-/m0/s1. The normalized spacial score (nSPS) is 18.5. The molecule has 476 valence electrons. The molecule has 91 heavy (non-hydrogen) atoms. The molecule has 0 radical (unpaired) electrons. The summed E-state index contributed by atoms with van der Waals surface area (Å²) in [5.74, 6) is -5.44. The number of aromatic nitrogens is 7. The van der Waals surface area contributed by atoms with Crippen molar-refractivity contribution in [3.8, 4) is 43.4 Å². The average Bonchev–Trinajstić information content (AvgIpc) is 1.75. The number of carboxylic acids is 2. The molecule has 4 atom stereocenters. The number of urea groups is 1. The second-order valence-corrected chi connectivity index (χ2v) is 27.4. The number of amides is 7. The Morgan fingerprint density at radius 3 is 2.13 bits per heavy atom. The van der Waals surface area contributed by atoms with E-state index >= 15 is 0 Å². The van der Waals surface area contributed by atoms with Gasteiger partial charge in [-0.05, 0) is 62.6 Å². The van der Waals surface area contributed by atoms with Gasteiger partial charge in [0.15, 0.2) is 0 Å². The molecule has 10 bridgehead atoms. The Balaban J connectivity index is 1.04. The van der Waals surface area contributed by atoms with Crippen LogP contribution in [0.4, 0.5) is 10.6 Å². The molecule has 32 heteroatoms. The predicted octanol–water partition coefficient (Wildman–Crippen LogP) is 8.34. The molecule has 1 fully saturated rings. The number of nitrogens with one attached hydrogen (secondary N) is 6. The number of thiazole rings is 6. The Kier molecular flexibility index (Phi) is 21.1. The molecule has 9 N–H and O–H groups in total. The highest BCUT2D eigenvalue weighted by molar-refractivity contribution is 7.15. The van der Waals surface area contributed by atoms with Gasteiger partial charge in [-0.1, -0.05) is 44.2 Å². The lowest BCUT2D eigenvalue weighted by atomic mass is 9.86. The van der Waals surface area contributed by atoms with E-state index in [1.165, 1.54) is 53.1 Å². The van der Waals surface area contributed by atoms with E-state index in [0.717, 1.165) is 34.0 Å². The quantitative estimate of drug-likeness (QED) is 0.0465. The van der Waals surface area contributed by atoms with Crippen LogP contribution in [0.5, 0.6) is 0 Å². The van der Waals surface area contributed by atoms with Gasteiger partial charge in [-0.3, -0.25) is 38.5 Å². The number of carbonyl (C=O) groups excluding carboxylic acids is 6. The summed E-state index contributed by atoms with van der Waals surface area (Å²) in [5, 5.41) is 56.9. The van der Waals surface area contributed by atoms with Crippen molar-refractivity contribution in [2.24, 2.45) is 11.8 Å². The number of anilines is 1. The Morgan fingerprint density at radius 2 is 1.41 bits per heavy atom. The van der Waals surface area contributed by atoms with Crippen LogP contribution in [0.3, 0.4) is 0 Å². The third-order valence-corrected chi connectivity index (χ3v) is 20.6. The Hall–Kier alpha value is -8.37. The summed E-state index contributed by atoms with van der Waals surface area (Å²) in [5.41, 5.74) is 2.36. The van der Waals surface area contributed by atoms with E-state index in [1.807, 2.05) is 13.8 Å². The average molecular weight is 1350 g/mol. The number of methoxy groups -OCH3 is 1. The van der Waals surface area contributed by atoms with Gasteiger partial charge in [0.05, 0.1) is 48.1 Å². The summed E-state index contributed by atoms with van der Waals surface area (Å²) in [7, 11) is 2.92. The van der Waals surface area contributed by atoms with Crippen LogP contribution in [0.15, 0.2) is 64.0 Å². The van der Waals surface area contributed by atoms with Crippen molar-refractivity contribution in [3.63, 3.8) is 0 Å². The van der Waals surface area contributed by atoms with Gasteiger partial charge in [-0.2, -0.15) is 0 Å². The number of pyridine rings is 1. The van der Waals surface area contributed by atoms with Gasteiger partial charge >= 0.3 is 18.0 Å². The molecule has 8 aromatic rings. The number of ether oxygens (including phenoxy) is 1. The van der Waals surface area contributed by atoms with Crippen molar-refractivity contribution in [3.05, 3.63) is 111 Å². The smallest absolute Gasteiger partial charge is 0.323 e. The number of aryl methyl sites for hydroxylation is 1. The molecule has 1 aliphatic heterocycles. The van der Waals surface area contributed by atoms with Crippen LogP contribution in [0.25, 0.3) is 43.4 Å². The highest BCUT2D eigenvalue weighted by Crippen LogP contribution is 2.41. The molecule has 0 spiro atoms. The number of nitrogens with zero attached hydrogens (tertiary/aromatic N) is 8. The second-order valence-electron chi connectivity index (χ2n) is 21.6. The maximum absolute atomic E-state index is 14.4. The van der Waals surface area contributed by atoms with Gasteiger partial charge in [0.25, 0.3) is 17.7 Å². The highest BCUT2D eigenvalue weighted by atomic mass is 32.1. The molecule has 2 aliphatic rings. The first kappa shape index (κ1) is 65.6. The first-order valence-electron chi connectivity index (χ1n) is 28.7. The number of hydrogen-bond acceptors (Lipinski definition) is 23. The highest BCUT2D eigenvalue weighted by Gasteiger charge is 2.34. The minimum absolute atomic E-state index is 0.00896. The van der Waals surface area contributed by atoms with Crippen LogP contribution in [-0.4, -0.2) is 131 Å². The number of aliphatic hydroxyl groups is 1. The zero-order valence-corrected chi connectivity index (χ0v) is 54.4. The van der Waals surface area contributed by atoms with E-state index in [1.54, 1.807) is 70.9 Å². The number of aliphatic carboxylic acids is 2. The summed E-state index contributed by atoms with van der Waals surface area (Å²) in [4.78, 5) is 143. The van der Waals surface area contributed by atoms with Crippen LogP contribution in [-0.2, 0) is 30.5 Å². The molecule has 1 unspecified atom stereocenters. The first-order valence-corrected chi connectivity index (χ1v) is 33.9. The fourth-order valence-electron chi connectivity index (χ4n) is 10.1. The number of carboxylic acid groups (broad SMARTS) is 2. The van der Waals surface area contributed by atoms with Gasteiger partial charge < -0.3 is 52.0 Å². The van der Waals surface area contributed by atoms with Crippen LogP contribution < -0.4 is 36.8 Å². The van der Waals surface area contributed by atoms with Crippen molar-refractivity contribution < 1.29 is 58.4 Å². The number of aliphatic hydroxyl groups excluding tert-OH is 1. The fraction of sp³-hybridized carbons (Fsp3) is 0.373. The minimum atomic E-state index is -1.31. The number of benzene rings is 1. The molecule has 7 aromatic heterocycles. The van der Waals surface area contributed by atoms with Gasteiger partial charge in [0, 0.05) is 65.1 Å². The van der Waals surface area contributed by atoms with Crippen LogP contribution in [0.1, 0.15) is 145 Å². The summed E-state index contributed by atoms with van der Waals surface area (Å²) in [6, 6.07) is 8.47. The molecule has 1 saturated carbocycles. The number of rotatable bonds is 15. The van der Waals surface area contributed by atoms with Crippen LogP contribution >= 0.6 is 68.0 Å². The third-order valence-electron chi connectivity index (χ3n) is 14.9. The Morgan fingerprint density at radius 1 is 0.703 bits per heavy atom. The molecular formula is C59H62N14O12S6. The molecular weight excluding hydrogens is 1290 g/mol. The van der Waals surface area contributed by atoms with E-state index in [4.69, 9.17) is 39.6 Å². The molecule has 7 amide bonds. The Bertz CT molecular complexity index is 4000. The lowest BCUT2D eigenvalue weighted by Gasteiger charge is -2.29. The maximum Gasteiger partial charge on any atom is 0.323 e. The number of hydrogen-bond donors (Lipinski definition) is 9. The lowest BCUT2D eigenvalue weighted by molar-refractivity contribution is -0.143. The monoisotopic (exact) mass is 1350 g/mol. The molecule has 1 aromatic carbocycles. The lowest BCUT2D eigenvalue weighted by Crippen LogP contribution is -2.47. The molecule has 0 saturated heterocycles. The van der Waals surface area contributed by atoms with E-state index in [-0.39, 0.29) is 72.3 Å². The Labute approximate surface area is 544 Å². The van der Waals surface area contributed by atoms with Crippen LogP contribution in [0, 0.1) is 18.8 Å². The second kappa shape index (κ2) is 29.3. The number of carbonyl (C=O) groups is 8. The van der Waals surface area contributed by atoms with Crippen molar-refractivity contribution >= 4 is 121 Å². The van der Waals surface area contributed by atoms with Crippen molar-refractivity contribution in [2.45, 2.75) is 103 Å². The number of fused-ring (bicyclic) bond motifs is 14. The van der Waals surface area contributed by atoms with Crippen molar-refractivity contribution in [2.75, 3.05) is 32.1 Å². The maximum atomic E-state index is 14.4. The molecule has 1 aliphatic carbocycles. The van der Waals surface area contributed by atoms with Crippen molar-refractivity contribution in [1.29, 1.82) is 0 Å². The summed E-state index contributed by atoms with van der Waals surface area (Å²) >= 11 is 7.01. The van der Waals surface area contributed by atoms with E-state index in [0.29, 0.717) is 94.4 Å². The SMILES string of the molecule is CNC(=O)C[C@@H]1NC(=O)c2csc(n2)-c2ccc(-c3nc(N(CCCC(=O)O)C(=O)NC4CCC(C(=O)O)CC4)cs3)nc2-c2csc(n2)-c2csc(n2)[C@H]([C@@H](O)c2ccccc2)NC(=O)CNC(=O)c2nc(sc2COC)C(C(C)C)NC(=O)c2nc1sc2C. The largest absolute Gasteiger partial charge is 0.481 e. The third kappa shape index (κ3) is 15.5. The zero-order chi connectivity index (χ0) is 64.6. The summed E-state index contributed by atoms with van der Waals surface area (Å²) < 4.78 is 5.45. The molecule has 8 heterocycles. The summed E-state index contributed by atoms with van der Waals surface area (Å²) in [6.45, 7) is 4.90. The topological polar surface area (TPSA) is 372 Å².